The summed E-state index contributed by atoms with van der Waals surface area (Å²) in [5, 5.41) is 10.5. The first kappa shape index (κ1) is 12.6. The zero-order valence-corrected chi connectivity index (χ0v) is 11.2. The first-order valence-corrected chi connectivity index (χ1v) is 6.07. The van der Waals surface area contributed by atoms with Crippen LogP contribution in [0.1, 0.15) is 0 Å². The van der Waals surface area contributed by atoms with Crippen LogP contribution in [0.3, 0.4) is 0 Å². The van der Waals surface area contributed by atoms with E-state index in [4.69, 9.17) is 9.78 Å². The molecule has 0 amide bonds. The molecule has 0 atom stereocenters. The molecule has 0 saturated heterocycles. The van der Waals surface area contributed by atoms with Crippen molar-refractivity contribution >= 4 is 28.3 Å². The Morgan fingerprint density at radius 2 is 1.33 bits per heavy atom. The highest BCUT2D eigenvalue weighted by Crippen LogP contribution is 2.19. The van der Waals surface area contributed by atoms with Gasteiger partial charge in [0.25, 0.3) is 5.69 Å². The minimum Gasteiger partial charge on any atom is -0.290 e. The van der Waals surface area contributed by atoms with Crippen LogP contribution in [0, 0.1) is 13.7 Å². The Hall–Kier alpha value is -1.83. The summed E-state index contributed by atoms with van der Waals surface area (Å²) in [4.78, 5) is 20.1. The van der Waals surface area contributed by atoms with E-state index in [0.717, 1.165) is 3.57 Å². The van der Waals surface area contributed by atoms with Gasteiger partial charge in [0, 0.05) is 15.7 Å². The molecule has 0 fully saturated rings. The third-order valence-electron chi connectivity index (χ3n) is 2.10. The highest BCUT2D eigenvalue weighted by atomic mass is 127. The maximum absolute atomic E-state index is 10.5. The number of non-ortho nitro benzene ring substituents is 1. The molecule has 0 bridgehead atoms. The van der Waals surface area contributed by atoms with E-state index in [2.05, 4.69) is 22.6 Å². The molecule has 0 aliphatic carbocycles. The van der Waals surface area contributed by atoms with E-state index >= 15 is 0 Å². The van der Waals surface area contributed by atoms with Crippen LogP contribution in [0.4, 0.5) is 5.69 Å². The van der Waals surface area contributed by atoms with Crippen molar-refractivity contribution in [1.82, 2.24) is 0 Å². The summed E-state index contributed by atoms with van der Waals surface area (Å²) in [5.41, 5.74) is 0.0108. The summed E-state index contributed by atoms with van der Waals surface area (Å²) in [7, 11) is 0. The minimum atomic E-state index is -0.468. The number of benzene rings is 2. The first-order valence-electron chi connectivity index (χ1n) is 5.00. The van der Waals surface area contributed by atoms with Gasteiger partial charge in [-0.1, -0.05) is 0 Å². The molecule has 0 aliphatic heterocycles. The molecule has 0 N–H and O–H groups in total. The Morgan fingerprint density at radius 1 is 0.889 bits per heavy atom. The maximum Gasteiger partial charge on any atom is 0.269 e. The summed E-state index contributed by atoms with van der Waals surface area (Å²) in [6.07, 6.45) is 0. The SMILES string of the molecule is O=[N+]([O-])c1ccc(OOc2ccc(I)cc2)cc1. The standard InChI is InChI=1S/C12H8INO4/c13-9-1-5-11(6-2-9)17-18-12-7-3-10(4-8-12)14(15)16/h1-8H. The van der Waals surface area contributed by atoms with Gasteiger partial charge in [-0.15, -0.1) is 0 Å². The third-order valence-corrected chi connectivity index (χ3v) is 2.81. The second-order valence-electron chi connectivity index (χ2n) is 3.37. The Balaban J connectivity index is 1.97. The van der Waals surface area contributed by atoms with E-state index < -0.39 is 4.92 Å². The van der Waals surface area contributed by atoms with Gasteiger partial charge in [-0.05, 0) is 59.0 Å². The van der Waals surface area contributed by atoms with E-state index in [-0.39, 0.29) is 5.69 Å². The van der Waals surface area contributed by atoms with E-state index in [0.29, 0.717) is 11.5 Å². The lowest BCUT2D eigenvalue weighted by molar-refractivity contribution is -0.384. The topological polar surface area (TPSA) is 61.6 Å². The summed E-state index contributed by atoms with van der Waals surface area (Å²) in [5.74, 6) is 0.966. The zero-order valence-electron chi connectivity index (χ0n) is 9.08. The molecule has 0 saturated carbocycles. The lowest BCUT2D eigenvalue weighted by Gasteiger charge is -2.05. The minimum absolute atomic E-state index is 0.0108. The predicted molar refractivity (Wildman–Crippen MR) is 73.5 cm³/mol. The summed E-state index contributed by atoms with van der Waals surface area (Å²) >= 11 is 2.19. The zero-order chi connectivity index (χ0) is 13.0. The van der Waals surface area contributed by atoms with Crippen molar-refractivity contribution in [2.75, 3.05) is 0 Å². The lowest BCUT2D eigenvalue weighted by Crippen LogP contribution is -2.00. The largest absolute Gasteiger partial charge is 0.290 e. The number of hydrogen-bond acceptors (Lipinski definition) is 4. The molecule has 0 radical (unpaired) electrons. The van der Waals surface area contributed by atoms with Gasteiger partial charge in [-0.3, -0.25) is 19.9 Å². The van der Waals surface area contributed by atoms with Gasteiger partial charge >= 0.3 is 0 Å². The normalized spacial score (nSPS) is 9.83. The van der Waals surface area contributed by atoms with Gasteiger partial charge < -0.3 is 0 Å². The van der Waals surface area contributed by atoms with Crippen molar-refractivity contribution in [3.05, 3.63) is 62.2 Å². The van der Waals surface area contributed by atoms with Gasteiger partial charge in [0.1, 0.15) is 0 Å². The Bertz CT molecular complexity index is 539. The number of nitro benzene ring substituents is 1. The molecule has 92 valence electrons. The highest BCUT2D eigenvalue weighted by molar-refractivity contribution is 14.1. The second kappa shape index (κ2) is 5.67. The molecular formula is C12H8INO4. The van der Waals surface area contributed by atoms with E-state index in [9.17, 15) is 10.1 Å². The molecule has 2 aromatic rings. The predicted octanol–water partition coefficient (Wildman–Crippen LogP) is 3.57. The molecule has 0 aromatic heterocycles. The fourth-order valence-electron chi connectivity index (χ4n) is 1.21. The molecule has 0 heterocycles. The fourth-order valence-corrected chi connectivity index (χ4v) is 1.57. The number of halogens is 1. The van der Waals surface area contributed by atoms with Crippen LogP contribution >= 0.6 is 22.6 Å². The molecular weight excluding hydrogens is 349 g/mol. The van der Waals surface area contributed by atoms with Crippen molar-refractivity contribution in [3.8, 4) is 11.5 Å². The van der Waals surface area contributed by atoms with Crippen LogP contribution in [0.5, 0.6) is 11.5 Å². The van der Waals surface area contributed by atoms with Gasteiger partial charge in [-0.2, -0.15) is 0 Å². The van der Waals surface area contributed by atoms with E-state index in [1.807, 2.05) is 12.1 Å². The summed E-state index contributed by atoms with van der Waals surface area (Å²) < 4.78 is 1.09. The van der Waals surface area contributed by atoms with Gasteiger partial charge in [0.15, 0.2) is 11.5 Å². The fraction of sp³-hybridized carbons (Fsp3) is 0. The lowest BCUT2D eigenvalue weighted by atomic mass is 10.3. The third kappa shape index (κ3) is 3.33. The van der Waals surface area contributed by atoms with Crippen LogP contribution in [-0.4, -0.2) is 4.92 Å². The van der Waals surface area contributed by atoms with Crippen molar-refractivity contribution in [3.63, 3.8) is 0 Å². The molecule has 0 aliphatic rings. The highest BCUT2D eigenvalue weighted by Gasteiger charge is 2.05. The Kier molecular flexibility index (Phi) is 3.98. The van der Waals surface area contributed by atoms with Crippen molar-refractivity contribution < 1.29 is 14.7 Å². The monoisotopic (exact) mass is 357 g/mol. The van der Waals surface area contributed by atoms with Crippen LogP contribution in [-0.2, 0) is 0 Å². The van der Waals surface area contributed by atoms with E-state index in [1.54, 1.807) is 12.1 Å². The second-order valence-corrected chi connectivity index (χ2v) is 4.62. The van der Waals surface area contributed by atoms with Crippen molar-refractivity contribution in [2.45, 2.75) is 0 Å². The number of rotatable bonds is 4. The smallest absolute Gasteiger partial charge is 0.269 e. The maximum atomic E-state index is 10.5. The number of nitrogens with zero attached hydrogens (tertiary/aromatic N) is 1. The van der Waals surface area contributed by atoms with Gasteiger partial charge in [0.2, 0.25) is 0 Å². The number of nitro groups is 1. The van der Waals surface area contributed by atoms with Crippen LogP contribution in [0.15, 0.2) is 48.5 Å². The average molecular weight is 357 g/mol. The Labute approximate surface area is 117 Å². The van der Waals surface area contributed by atoms with E-state index in [1.165, 1.54) is 24.3 Å². The molecule has 2 rings (SSSR count). The van der Waals surface area contributed by atoms with Crippen LogP contribution in [0.25, 0.3) is 0 Å². The molecule has 6 heteroatoms. The van der Waals surface area contributed by atoms with Gasteiger partial charge in [-0.25, -0.2) is 0 Å². The van der Waals surface area contributed by atoms with Crippen molar-refractivity contribution in [1.29, 1.82) is 0 Å². The quantitative estimate of drug-likeness (QED) is 0.363. The van der Waals surface area contributed by atoms with Gasteiger partial charge in [0.05, 0.1) is 4.92 Å². The molecule has 5 nitrogen and oxygen atoms in total. The van der Waals surface area contributed by atoms with Crippen LogP contribution < -0.4 is 9.78 Å². The molecule has 18 heavy (non-hydrogen) atoms. The summed E-state index contributed by atoms with van der Waals surface area (Å²) in [6.45, 7) is 0. The van der Waals surface area contributed by atoms with Crippen molar-refractivity contribution in [2.24, 2.45) is 0 Å². The Morgan fingerprint density at radius 3 is 1.78 bits per heavy atom. The van der Waals surface area contributed by atoms with Crippen LogP contribution in [0.2, 0.25) is 0 Å². The molecule has 0 unspecified atom stereocenters. The average Bonchev–Trinajstić information content (AvgIpc) is 2.38. The summed E-state index contributed by atoms with van der Waals surface area (Å²) in [6, 6.07) is 13.0. The molecule has 0 spiro atoms. The number of hydrogen-bond donors (Lipinski definition) is 0. The molecule has 2 aromatic carbocycles. The first-order chi connectivity index (χ1) is 8.65.